The van der Waals surface area contributed by atoms with Crippen molar-refractivity contribution in [2.75, 3.05) is 18.0 Å². The van der Waals surface area contributed by atoms with Crippen molar-refractivity contribution in [1.82, 2.24) is 0 Å². The Bertz CT molecular complexity index is 914. The zero-order valence-corrected chi connectivity index (χ0v) is 16.1. The maximum Gasteiger partial charge on any atom is 0.205 e. The third-order valence-corrected chi connectivity index (χ3v) is 5.17. The van der Waals surface area contributed by atoms with Gasteiger partial charge in [0.15, 0.2) is 0 Å². The lowest BCUT2D eigenvalue weighted by Gasteiger charge is -2.29. The Balaban J connectivity index is 2.17. The first-order valence-corrected chi connectivity index (χ1v) is 9.17. The van der Waals surface area contributed by atoms with Gasteiger partial charge in [0.1, 0.15) is 17.4 Å². The molecule has 2 aromatic rings. The number of nitrogens with two attached hydrogens (primary N) is 1. The van der Waals surface area contributed by atoms with Crippen molar-refractivity contribution in [1.29, 1.82) is 5.26 Å². The van der Waals surface area contributed by atoms with Crippen LogP contribution in [0.1, 0.15) is 30.9 Å². The number of benzene rings is 2. The average Bonchev–Trinajstić information content (AvgIpc) is 2.62. The normalized spacial score (nSPS) is 15.9. The molecule has 0 bridgehead atoms. The monoisotopic (exact) mass is 387 g/mol. The molecule has 1 heterocycles. The van der Waals surface area contributed by atoms with Crippen molar-refractivity contribution < 1.29 is 4.74 Å². The molecule has 1 atom stereocenters. The molecule has 2 N–H and O–H groups in total. The van der Waals surface area contributed by atoms with Gasteiger partial charge in [0.2, 0.25) is 5.88 Å². The molecule has 0 unspecified atom stereocenters. The Labute approximate surface area is 163 Å². The van der Waals surface area contributed by atoms with Gasteiger partial charge < -0.3 is 15.4 Å². The summed E-state index contributed by atoms with van der Waals surface area (Å²) < 4.78 is 5.77. The summed E-state index contributed by atoms with van der Waals surface area (Å²) in [5.74, 6) is 0.355. The molecule has 6 heteroatoms. The quantitative estimate of drug-likeness (QED) is 0.796. The number of anilines is 1. The molecule has 0 amide bonds. The van der Waals surface area contributed by atoms with Gasteiger partial charge in [-0.3, -0.25) is 0 Å². The van der Waals surface area contributed by atoms with Crippen LogP contribution in [0.15, 0.2) is 47.9 Å². The zero-order chi connectivity index (χ0) is 18.8. The highest BCUT2D eigenvalue weighted by atomic mass is 35.5. The zero-order valence-electron chi connectivity index (χ0n) is 14.6. The Morgan fingerprint density at radius 3 is 2.42 bits per heavy atom. The highest BCUT2D eigenvalue weighted by molar-refractivity contribution is 6.35. The fourth-order valence-electron chi connectivity index (χ4n) is 3.28. The summed E-state index contributed by atoms with van der Waals surface area (Å²) in [5.41, 5.74) is 9.08. The highest BCUT2D eigenvalue weighted by Gasteiger charge is 2.32. The summed E-state index contributed by atoms with van der Waals surface area (Å²) in [6.07, 6.45) is 0. The third-order valence-electron chi connectivity index (χ3n) is 4.60. The van der Waals surface area contributed by atoms with E-state index in [0.717, 1.165) is 29.9 Å². The standard InChI is InChI=1S/C20H19Cl2N3O/c1-3-25(4-2)13-6-8-15-18(10-13)26-20(24)16(11-23)19(15)14-7-5-12(21)9-17(14)22/h5-10,19H,3-4,24H2,1-2H3/t19-/m1/s1. The summed E-state index contributed by atoms with van der Waals surface area (Å²) in [7, 11) is 0. The van der Waals surface area contributed by atoms with Crippen LogP contribution in [0.3, 0.4) is 0 Å². The molecule has 4 nitrogen and oxygen atoms in total. The number of ether oxygens (including phenoxy) is 1. The van der Waals surface area contributed by atoms with Crippen molar-refractivity contribution >= 4 is 28.9 Å². The van der Waals surface area contributed by atoms with Gasteiger partial charge >= 0.3 is 0 Å². The van der Waals surface area contributed by atoms with Crippen LogP contribution in [-0.4, -0.2) is 13.1 Å². The first-order valence-electron chi connectivity index (χ1n) is 8.41. The predicted octanol–water partition coefficient (Wildman–Crippen LogP) is 5.06. The number of halogens is 2. The highest BCUT2D eigenvalue weighted by Crippen LogP contribution is 2.45. The number of rotatable bonds is 4. The van der Waals surface area contributed by atoms with Crippen LogP contribution in [0.25, 0.3) is 0 Å². The Morgan fingerprint density at radius 1 is 1.12 bits per heavy atom. The van der Waals surface area contributed by atoms with E-state index in [4.69, 9.17) is 33.7 Å². The molecule has 0 aliphatic carbocycles. The number of nitrogens with zero attached hydrogens (tertiary/aromatic N) is 2. The lowest BCUT2D eigenvalue weighted by Crippen LogP contribution is -2.24. The molecule has 0 spiro atoms. The molecular weight excluding hydrogens is 369 g/mol. The van der Waals surface area contributed by atoms with Crippen LogP contribution in [-0.2, 0) is 0 Å². The summed E-state index contributed by atoms with van der Waals surface area (Å²) in [5, 5.41) is 10.7. The van der Waals surface area contributed by atoms with Crippen molar-refractivity contribution in [2.45, 2.75) is 19.8 Å². The minimum absolute atomic E-state index is 0.104. The summed E-state index contributed by atoms with van der Waals surface area (Å²) >= 11 is 12.4. The van der Waals surface area contributed by atoms with Crippen molar-refractivity contribution in [3.8, 4) is 11.8 Å². The van der Waals surface area contributed by atoms with Gasteiger partial charge in [-0.25, -0.2) is 0 Å². The lowest BCUT2D eigenvalue weighted by atomic mass is 9.83. The van der Waals surface area contributed by atoms with E-state index in [2.05, 4.69) is 24.8 Å². The molecular formula is C20H19Cl2N3O. The van der Waals surface area contributed by atoms with E-state index >= 15 is 0 Å². The second-order valence-electron chi connectivity index (χ2n) is 5.99. The van der Waals surface area contributed by atoms with Gasteiger partial charge in [0.25, 0.3) is 0 Å². The van der Waals surface area contributed by atoms with E-state index in [9.17, 15) is 5.26 Å². The summed E-state index contributed by atoms with van der Waals surface area (Å²) in [6, 6.07) is 13.4. The Hall–Kier alpha value is -2.35. The van der Waals surface area contributed by atoms with Crippen LogP contribution in [0.4, 0.5) is 5.69 Å². The third kappa shape index (κ3) is 3.21. The first kappa shape index (κ1) is 18.4. The fourth-order valence-corrected chi connectivity index (χ4v) is 3.80. The number of allylic oxidation sites excluding steroid dienone is 1. The predicted molar refractivity (Wildman–Crippen MR) is 106 cm³/mol. The number of hydrogen-bond acceptors (Lipinski definition) is 4. The number of nitriles is 1. The second kappa shape index (κ2) is 7.49. The molecule has 0 fully saturated rings. The molecule has 0 saturated carbocycles. The fraction of sp³-hybridized carbons (Fsp3) is 0.250. The number of fused-ring (bicyclic) bond motifs is 1. The largest absolute Gasteiger partial charge is 0.440 e. The van der Waals surface area contributed by atoms with Crippen molar-refractivity contribution in [2.24, 2.45) is 5.73 Å². The molecule has 134 valence electrons. The van der Waals surface area contributed by atoms with Crippen LogP contribution in [0, 0.1) is 11.3 Å². The first-order chi connectivity index (χ1) is 12.5. The Morgan fingerprint density at radius 2 is 1.81 bits per heavy atom. The smallest absolute Gasteiger partial charge is 0.205 e. The maximum atomic E-state index is 9.64. The minimum Gasteiger partial charge on any atom is -0.440 e. The van der Waals surface area contributed by atoms with Crippen LogP contribution >= 0.6 is 23.2 Å². The maximum absolute atomic E-state index is 9.64. The molecule has 26 heavy (non-hydrogen) atoms. The van der Waals surface area contributed by atoms with E-state index in [1.54, 1.807) is 12.1 Å². The van der Waals surface area contributed by atoms with Crippen LogP contribution in [0.5, 0.6) is 5.75 Å². The van der Waals surface area contributed by atoms with Gasteiger partial charge in [-0.1, -0.05) is 35.3 Å². The molecule has 0 saturated heterocycles. The van der Waals surface area contributed by atoms with Crippen LogP contribution in [0.2, 0.25) is 10.0 Å². The molecule has 1 aliphatic rings. The van der Waals surface area contributed by atoms with E-state index in [1.807, 2.05) is 24.3 Å². The van der Waals surface area contributed by atoms with E-state index in [1.165, 1.54) is 0 Å². The summed E-state index contributed by atoms with van der Waals surface area (Å²) in [4.78, 5) is 2.22. The average molecular weight is 388 g/mol. The van der Waals surface area contributed by atoms with Gasteiger partial charge in [-0.15, -0.1) is 0 Å². The lowest BCUT2D eigenvalue weighted by molar-refractivity contribution is 0.393. The van der Waals surface area contributed by atoms with Gasteiger partial charge in [-0.05, 0) is 37.6 Å². The molecule has 0 aromatic heterocycles. The van der Waals surface area contributed by atoms with Crippen LogP contribution < -0.4 is 15.4 Å². The van der Waals surface area contributed by atoms with E-state index in [0.29, 0.717) is 21.4 Å². The van der Waals surface area contributed by atoms with E-state index < -0.39 is 0 Å². The van der Waals surface area contributed by atoms with Gasteiger partial charge in [0.05, 0.1) is 5.92 Å². The van der Waals surface area contributed by atoms with Crippen molar-refractivity contribution in [3.63, 3.8) is 0 Å². The van der Waals surface area contributed by atoms with Gasteiger partial charge in [-0.2, -0.15) is 5.26 Å². The minimum atomic E-state index is -0.390. The molecule has 3 rings (SSSR count). The van der Waals surface area contributed by atoms with E-state index in [-0.39, 0.29) is 11.8 Å². The van der Waals surface area contributed by atoms with Crippen molar-refractivity contribution in [3.05, 3.63) is 69.0 Å². The van der Waals surface area contributed by atoms with Gasteiger partial charge in [0, 0.05) is 40.5 Å². The number of hydrogen-bond donors (Lipinski definition) is 1. The molecule has 1 aliphatic heterocycles. The SMILES string of the molecule is CCN(CC)c1ccc2c(c1)OC(N)=C(C#N)[C@@H]2c1ccc(Cl)cc1Cl. The Kier molecular flexibility index (Phi) is 5.31. The molecule has 0 radical (unpaired) electrons. The second-order valence-corrected chi connectivity index (χ2v) is 6.83. The molecule has 2 aromatic carbocycles. The topological polar surface area (TPSA) is 62.3 Å². The summed E-state index contributed by atoms with van der Waals surface area (Å²) in [6.45, 7) is 5.97.